The van der Waals surface area contributed by atoms with Gasteiger partial charge in [-0.2, -0.15) is 0 Å². The largest absolute Gasteiger partial charge is 0.0710 e. The molecule has 1 saturated carbocycles. The molecule has 0 amide bonds. The summed E-state index contributed by atoms with van der Waals surface area (Å²) in [5.74, 6) is 2.67. The number of rotatable bonds is 8. The molecule has 0 bridgehead atoms. The summed E-state index contributed by atoms with van der Waals surface area (Å²) in [5.41, 5.74) is 3.51. The third-order valence-corrected chi connectivity index (χ3v) is 4.41. The molecule has 0 aromatic heterocycles. The first kappa shape index (κ1) is 14.8. The Labute approximate surface area is 109 Å². The van der Waals surface area contributed by atoms with E-state index in [1.807, 2.05) is 0 Å². The Kier molecular flexibility index (Phi) is 6.30. The smallest absolute Gasteiger partial charge is 0.0206 e. The Balaban J connectivity index is 2.25. The van der Waals surface area contributed by atoms with E-state index < -0.39 is 0 Å². The minimum atomic E-state index is 0.870. The number of hydrogen-bond acceptors (Lipinski definition) is 0. The van der Waals surface area contributed by atoms with Crippen LogP contribution in [0.3, 0.4) is 0 Å². The zero-order valence-corrected chi connectivity index (χ0v) is 12.7. The van der Waals surface area contributed by atoms with Gasteiger partial charge in [0.05, 0.1) is 0 Å². The maximum absolute atomic E-state index is 2.44. The highest BCUT2D eigenvalue weighted by molar-refractivity contribution is 5.25. The molecule has 0 heterocycles. The van der Waals surface area contributed by atoms with Crippen molar-refractivity contribution in [1.29, 1.82) is 0 Å². The second kappa shape index (κ2) is 7.24. The monoisotopic (exact) mass is 236 g/mol. The van der Waals surface area contributed by atoms with E-state index in [4.69, 9.17) is 0 Å². The SMILES string of the molecule is CCC(CCC(C)CCC(C)C)C(C)=C1CC1. The van der Waals surface area contributed by atoms with Crippen LogP contribution in [0.15, 0.2) is 11.1 Å². The van der Waals surface area contributed by atoms with Crippen molar-refractivity contribution < 1.29 is 0 Å². The standard InChI is InChI=1S/C17H32/c1-6-16(15(5)17-11-12-17)10-9-14(4)8-7-13(2)3/h13-14,16H,6-12H2,1-5H3. The average Bonchev–Trinajstić information content (AvgIpc) is 3.10. The van der Waals surface area contributed by atoms with Gasteiger partial charge >= 0.3 is 0 Å². The van der Waals surface area contributed by atoms with Gasteiger partial charge < -0.3 is 0 Å². The summed E-state index contributed by atoms with van der Waals surface area (Å²) in [6.45, 7) is 11.9. The van der Waals surface area contributed by atoms with E-state index in [-0.39, 0.29) is 0 Å². The van der Waals surface area contributed by atoms with Crippen molar-refractivity contribution in [2.24, 2.45) is 17.8 Å². The van der Waals surface area contributed by atoms with Crippen LogP contribution in [0.4, 0.5) is 0 Å². The molecule has 1 rings (SSSR count). The highest BCUT2D eigenvalue weighted by atomic mass is 14.3. The molecule has 0 saturated heterocycles. The van der Waals surface area contributed by atoms with Crippen LogP contribution in [0.2, 0.25) is 0 Å². The Hall–Kier alpha value is -0.260. The minimum Gasteiger partial charge on any atom is -0.0710 e. The molecule has 2 atom stereocenters. The van der Waals surface area contributed by atoms with Crippen molar-refractivity contribution >= 4 is 0 Å². The van der Waals surface area contributed by atoms with Crippen molar-refractivity contribution in [2.45, 2.75) is 79.6 Å². The number of hydrogen-bond donors (Lipinski definition) is 0. The van der Waals surface area contributed by atoms with E-state index in [2.05, 4.69) is 34.6 Å². The van der Waals surface area contributed by atoms with E-state index in [0.717, 1.165) is 17.8 Å². The third-order valence-electron chi connectivity index (χ3n) is 4.41. The fraction of sp³-hybridized carbons (Fsp3) is 0.882. The lowest BCUT2D eigenvalue weighted by Gasteiger charge is -2.19. The molecular weight excluding hydrogens is 204 g/mol. The van der Waals surface area contributed by atoms with E-state index >= 15 is 0 Å². The van der Waals surface area contributed by atoms with E-state index in [9.17, 15) is 0 Å². The molecule has 0 radical (unpaired) electrons. The molecular formula is C17H32. The third kappa shape index (κ3) is 5.75. The summed E-state index contributed by atoms with van der Waals surface area (Å²) in [6, 6.07) is 0. The topological polar surface area (TPSA) is 0 Å². The van der Waals surface area contributed by atoms with Gasteiger partial charge in [0, 0.05) is 0 Å². The molecule has 0 heteroatoms. The van der Waals surface area contributed by atoms with Gasteiger partial charge in [-0.3, -0.25) is 0 Å². The minimum absolute atomic E-state index is 0.870. The van der Waals surface area contributed by atoms with Crippen molar-refractivity contribution in [3.8, 4) is 0 Å². The molecule has 1 fully saturated rings. The van der Waals surface area contributed by atoms with Gasteiger partial charge in [0.2, 0.25) is 0 Å². The second-order valence-electron chi connectivity index (χ2n) is 6.55. The zero-order chi connectivity index (χ0) is 12.8. The van der Waals surface area contributed by atoms with Crippen LogP contribution in [0.5, 0.6) is 0 Å². The van der Waals surface area contributed by atoms with Crippen molar-refractivity contribution in [3.05, 3.63) is 11.1 Å². The first-order chi connectivity index (χ1) is 8.04. The van der Waals surface area contributed by atoms with Gasteiger partial charge in [-0.1, -0.05) is 58.1 Å². The lowest BCUT2D eigenvalue weighted by Crippen LogP contribution is -2.05. The normalized spacial score (nSPS) is 18.4. The Morgan fingerprint density at radius 3 is 2.06 bits per heavy atom. The molecule has 0 nitrogen and oxygen atoms in total. The van der Waals surface area contributed by atoms with Crippen molar-refractivity contribution in [1.82, 2.24) is 0 Å². The van der Waals surface area contributed by atoms with Crippen LogP contribution in [-0.4, -0.2) is 0 Å². The summed E-state index contributed by atoms with van der Waals surface area (Å²) < 4.78 is 0. The molecule has 2 unspecified atom stereocenters. The highest BCUT2D eigenvalue weighted by Gasteiger charge is 2.20. The molecule has 100 valence electrons. The molecule has 0 N–H and O–H groups in total. The fourth-order valence-corrected chi connectivity index (χ4v) is 2.72. The van der Waals surface area contributed by atoms with Gasteiger partial charge in [-0.15, -0.1) is 0 Å². The van der Waals surface area contributed by atoms with Gasteiger partial charge in [0.15, 0.2) is 0 Å². The molecule has 1 aliphatic rings. The first-order valence-electron chi connectivity index (χ1n) is 7.73. The summed E-state index contributed by atoms with van der Waals surface area (Å²) in [7, 11) is 0. The van der Waals surface area contributed by atoms with Crippen LogP contribution in [-0.2, 0) is 0 Å². The van der Waals surface area contributed by atoms with Crippen LogP contribution < -0.4 is 0 Å². The van der Waals surface area contributed by atoms with E-state index in [0.29, 0.717) is 0 Å². The van der Waals surface area contributed by atoms with Crippen molar-refractivity contribution in [3.63, 3.8) is 0 Å². The molecule has 0 spiro atoms. The van der Waals surface area contributed by atoms with Crippen LogP contribution >= 0.6 is 0 Å². The fourth-order valence-electron chi connectivity index (χ4n) is 2.72. The Morgan fingerprint density at radius 1 is 1.00 bits per heavy atom. The molecule has 17 heavy (non-hydrogen) atoms. The van der Waals surface area contributed by atoms with Crippen LogP contribution in [0.25, 0.3) is 0 Å². The molecule has 0 aromatic carbocycles. The van der Waals surface area contributed by atoms with Crippen molar-refractivity contribution in [2.75, 3.05) is 0 Å². The highest BCUT2D eigenvalue weighted by Crippen LogP contribution is 2.37. The predicted octanol–water partition coefficient (Wildman–Crippen LogP) is 5.98. The first-order valence-corrected chi connectivity index (χ1v) is 7.73. The van der Waals surface area contributed by atoms with Crippen LogP contribution in [0.1, 0.15) is 79.6 Å². The van der Waals surface area contributed by atoms with Gasteiger partial charge in [-0.25, -0.2) is 0 Å². The van der Waals surface area contributed by atoms with Gasteiger partial charge in [-0.05, 0) is 50.4 Å². The number of allylic oxidation sites excluding steroid dienone is 2. The molecule has 0 aliphatic heterocycles. The maximum atomic E-state index is 2.44. The van der Waals surface area contributed by atoms with Crippen LogP contribution in [0, 0.1) is 17.8 Å². The quantitative estimate of drug-likeness (QED) is 0.455. The summed E-state index contributed by atoms with van der Waals surface area (Å²) >= 11 is 0. The zero-order valence-electron chi connectivity index (χ0n) is 12.7. The van der Waals surface area contributed by atoms with E-state index in [1.54, 1.807) is 11.1 Å². The predicted molar refractivity (Wildman–Crippen MR) is 78.2 cm³/mol. The Morgan fingerprint density at radius 2 is 1.59 bits per heavy atom. The summed E-state index contributed by atoms with van der Waals surface area (Å²) in [5, 5.41) is 0. The lowest BCUT2D eigenvalue weighted by molar-refractivity contribution is 0.386. The summed E-state index contributed by atoms with van der Waals surface area (Å²) in [4.78, 5) is 0. The van der Waals surface area contributed by atoms with E-state index in [1.165, 1.54) is 44.9 Å². The van der Waals surface area contributed by atoms with Gasteiger partial charge in [0.1, 0.15) is 0 Å². The van der Waals surface area contributed by atoms with Gasteiger partial charge in [0.25, 0.3) is 0 Å². The second-order valence-corrected chi connectivity index (χ2v) is 6.55. The molecule has 1 aliphatic carbocycles. The molecule has 0 aromatic rings. The average molecular weight is 236 g/mol. The lowest BCUT2D eigenvalue weighted by atomic mass is 9.87. The maximum Gasteiger partial charge on any atom is -0.0206 e. The Bertz CT molecular complexity index is 241. The summed E-state index contributed by atoms with van der Waals surface area (Å²) in [6.07, 6.45) is 9.80.